The van der Waals surface area contributed by atoms with Crippen LogP contribution in [0.3, 0.4) is 0 Å². The summed E-state index contributed by atoms with van der Waals surface area (Å²) in [5.74, 6) is -1.67. The van der Waals surface area contributed by atoms with Crippen LogP contribution in [0.25, 0.3) is 0 Å². The summed E-state index contributed by atoms with van der Waals surface area (Å²) in [5.41, 5.74) is 1.10. The molecule has 1 aromatic carbocycles. The second-order valence-electron chi connectivity index (χ2n) is 7.09. The minimum absolute atomic E-state index is 0.263. The van der Waals surface area contributed by atoms with Crippen molar-refractivity contribution in [2.45, 2.75) is 64.1 Å². The zero-order chi connectivity index (χ0) is 20.5. The summed E-state index contributed by atoms with van der Waals surface area (Å²) in [7, 11) is 0. The Morgan fingerprint density at radius 3 is 2.64 bits per heavy atom. The van der Waals surface area contributed by atoms with Crippen LogP contribution in [0.1, 0.15) is 45.1 Å². The summed E-state index contributed by atoms with van der Waals surface area (Å²) in [6.07, 6.45) is 3.29. The standard InChI is InChI=1S/C21H30N2O5/c1-3-28-21(27)18(13-12-16-9-5-4-6-10-16)22-17-11-7-8-14-23(19(17)24)15(2)20(25)26/h4-6,9-10,15,17-18,22H,3,7-8,11-14H2,1-2H3,(H,25,26)/t15?,17?,18-/m0/s1. The van der Waals surface area contributed by atoms with E-state index in [0.717, 1.165) is 18.4 Å². The van der Waals surface area contributed by atoms with E-state index in [-0.39, 0.29) is 18.5 Å². The quantitative estimate of drug-likeness (QED) is 0.626. The highest BCUT2D eigenvalue weighted by molar-refractivity contribution is 5.87. The molecule has 0 aromatic heterocycles. The number of carbonyl (C=O) groups is 3. The Bertz CT molecular complexity index is 664. The second-order valence-corrected chi connectivity index (χ2v) is 7.09. The molecule has 1 amide bonds. The molecule has 0 saturated carbocycles. The zero-order valence-electron chi connectivity index (χ0n) is 16.6. The van der Waals surface area contributed by atoms with Gasteiger partial charge < -0.3 is 14.7 Å². The maximum atomic E-state index is 12.9. The number of hydrogen-bond donors (Lipinski definition) is 2. The first-order valence-corrected chi connectivity index (χ1v) is 9.94. The molecular formula is C21H30N2O5. The van der Waals surface area contributed by atoms with Crippen LogP contribution in [0.15, 0.2) is 30.3 Å². The van der Waals surface area contributed by atoms with E-state index in [1.54, 1.807) is 6.92 Å². The smallest absolute Gasteiger partial charge is 0.326 e. The molecule has 2 rings (SSSR count). The maximum Gasteiger partial charge on any atom is 0.326 e. The maximum absolute atomic E-state index is 12.9. The van der Waals surface area contributed by atoms with Crippen molar-refractivity contribution in [2.24, 2.45) is 0 Å². The predicted octanol–water partition coefficient (Wildman–Crippen LogP) is 1.99. The van der Waals surface area contributed by atoms with Crippen LogP contribution in [0.4, 0.5) is 0 Å². The number of ether oxygens (including phenoxy) is 1. The van der Waals surface area contributed by atoms with Crippen LogP contribution in [0, 0.1) is 0 Å². The van der Waals surface area contributed by atoms with Crippen LogP contribution >= 0.6 is 0 Å². The molecule has 0 aliphatic carbocycles. The number of esters is 1. The molecule has 2 unspecified atom stereocenters. The van der Waals surface area contributed by atoms with Crippen LogP contribution in [0.2, 0.25) is 0 Å². The minimum atomic E-state index is -1.03. The van der Waals surface area contributed by atoms with Crippen molar-refractivity contribution < 1.29 is 24.2 Å². The number of nitrogens with zero attached hydrogens (tertiary/aromatic N) is 1. The van der Waals surface area contributed by atoms with Gasteiger partial charge in [0.2, 0.25) is 5.91 Å². The van der Waals surface area contributed by atoms with Crippen molar-refractivity contribution in [1.29, 1.82) is 0 Å². The molecule has 1 heterocycles. The van der Waals surface area contributed by atoms with E-state index in [4.69, 9.17) is 4.74 Å². The molecule has 3 atom stereocenters. The van der Waals surface area contributed by atoms with Gasteiger partial charge in [-0.3, -0.25) is 14.9 Å². The highest BCUT2D eigenvalue weighted by Crippen LogP contribution is 2.17. The molecule has 1 aliphatic rings. The highest BCUT2D eigenvalue weighted by atomic mass is 16.5. The molecule has 28 heavy (non-hydrogen) atoms. The number of carbonyl (C=O) groups excluding carboxylic acids is 2. The van der Waals surface area contributed by atoms with Gasteiger partial charge in [0.15, 0.2) is 0 Å². The topological polar surface area (TPSA) is 95.9 Å². The Morgan fingerprint density at radius 1 is 1.29 bits per heavy atom. The van der Waals surface area contributed by atoms with Gasteiger partial charge in [-0.05, 0) is 51.5 Å². The Kier molecular flexibility index (Phi) is 8.44. The lowest BCUT2D eigenvalue weighted by molar-refractivity contribution is -0.151. The van der Waals surface area contributed by atoms with Crippen LogP contribution in [-0.2, 0) is 25.5 Å². The Labute approximate surface area is 166 Å². The zero-order valence-corrected chi connectivity index (χ0v) is 16.6. The molecule has 7 nitrogen and oxygen atoms in total. The number of amides is 1. The Hall–Kier alpha value is -2.41. The van der Waals surface area contributed by atoms with E-state index in [1.807, 2.05) is 30.3 Å². The van der Waals surface area contributed by atoms with Crippen molar-refractivity contribution in [3.63, 3.8) is 0 Å². The first-order valence-electron chi connectivity index (χ1n) is 9.94. The largest absolute Gasteiger partial charge is 0.480 e. The summed E-state index contributed by atoms with van der Waals surface area (Å²) >= 11 is 0. The van der Waals surface area contributed by atoms with Crippen molar-refractivity contribution in [1.82, 2.24) is 10.2 Å². The van der Waals surface area contributed by atoms with Gasteiger partial charge in [0.05, 0.1) is 12.6 Å². The van der Waals surface area contributed by atoms with E-state index < -0.39 is 24.1 Å². The summed E-state index contributed by atoms with van der Waals surface area (Å²) < 4.78 is 5.19. The Balaban J connectivity index is 2.10. The van der Waals surface area contributed by atoms with Gasteiger partial charge in [-0.2, -0.15) is 0 Å². The SMILES string of the molecule is CCOC(=O)[C@H](CCc1ccccc1)NC1CCCCN(C(C)C(=O)O)C1=O. The van der Waals surface area contributed by atoms with Crippen molar-refractivity contribution >= 4 is 17.8 Å². The van der Waals surface area contributed by atoms with Crippen molar-refractivity contribution in [3.05, 3.63) is 35.9 Å². The number of benzene rings is 1. The van der Waals surface area contributed by atoms with Crippen LogP contribution in [-0.4, -0.2) is 59.1 Å². The number of nitrogens with one attached hydrogen (secondary N) is 1. The third-order valence-electron chi connectivity index (χ3n) is 5.09. The van der Waals surface area contributed by atoms with Gasteiger partial charge in [-0.15, -0.1) is 0 Å². The van der Waals surface area contributed by atoms with Gasteiger partial charge >= 0.3 is 11.9 Å². The van der Waals surface area contributed by atoms with Crippen molar-refractivity contribution in [3.8, 4) is 0 Å². The average Bonchev–Trinajstić information content (AvgIpc) is 2.87. The number of aliphatic carboxylic acids is 1. The fourth-order valence-corrected chi connectivity index (χ4v) is 3.45. The molecule has 1 saturated heterocycles. The lowest BCUT2D eigenvalue weighted by Crippen LogP contribution is -2.54. The van der Waals surface area contributed by atoms with E-state index in [1.165, 1.54) is 11.8 Å². The van der Waals surface area contributed by atoms with E-state index in [0.29, 0.717) is 25.8 Å². The molecule has 154 valence electrons. The number of hydrogen-bond acceptors (Lipinski definition) is 5. The van der Waals surface area contributed by atoms with E-state index in [9.17, 15) is 19.5 Å². The fraction of sp³-hybridized carbons (Fsp3) is 0.571. The van der Waals surface area contributed by atoms with Crippen LogP contribution < -0.4 is 5.32 Å². The van der Waals surface area contributed by atoms with Gasteiger partial charge in [-0.25, -0.2) is 4.79 Å². The Morgan fingerprint density at radius 2 is 2.00 bits per heavy atom. The predicted molar refractivity (Wildman–Crippen MR) is 105 cm³/mol. The average molecular weight is 390 g/mol. The number of aryl methyl sites for hydroxylation is 1. The monoisotopic (exact) mass is 390 g/mol. The van der Waals surface area contributed by atoms with Crippen molar-refractivity contribution in [2.75, 3.05) is 13.2 Å². The van der Waals surface area contributed by atoms with Gasteiger partial charge in [0, 0.05) is 6.54 Å². The second kappa shape index (κ2) is 10.8. The molecule has 7 heteroatoms. The number of carboxylic acids is 1. The van der Waals surface area contributed by atoms with E-state index in [2.05, 4.69) is 5.32 Å². The third kappa shape index (κ3) is 6.05. The summed E-state index contributed by atoms with van der Waals surface area (Å²) in [6, 6.07) is 7.73. The normalized spacial score (nSPS) is 19.6. The molecule has 0 radical (unpaired) electrons. The lowest BCUT2D eigenvalue weighted by atomic mass is 10.0. The number of carboxylic acid groups (broad SMARTS) is 1. The van der Waals surface area contributed by atoms with E-state index >= 15 is 0 Å². The summed E-state index contributed by atoms with van der Waals surface area (Å²) in [6.45, 7) is 3.95. The number of rotatable bonds is 9. The molecule has 0 bridgehead atoms. The lowest BCUT2D eigenvalue weighted by Gasteiger charge is -2.30. The number of likely N-dealkylation sites (tertiary alicyclic amines) is 1. The van der Waals surface area contributed by atoms with Gasteiger partial charge in [0.25, 0.3) is 0 Å². The highest BCUT2D eigenvalue weighted by Gasteiger charge is 2.35. The summed E-state index contributed by atoms with van der Waals surface area (Å²) in [4.78, 5) is 38.1. The minimum Gasteiger partial charge on any atom is -0.480 e. The fourth-order valence-electron chi connectivity index (χ4n) is 3.45. The molecule has 1 fully saturated rings. The summed E-state index contributed by atoms with van der Waals surface area (Å²) in [5, 5.41) is 12.5. The molecule has 2 N–H and O–H groups in total. The molecular weight excluding hydrogens is 360 g/mol. The third-order valence-corrected chi connectivity index (χ3v) is 5.09. The first kappa shape index (κ1) is 21.9. The van der Waals surface area contributed by atoms with Gasteiger partial charge in [0.1, 0.15) is 12.1 Å². The molecule has 1 aliphatic heterocycles. The molecule has 1 aromatic rings. The first-order chi connectivity index (χ1) is 13.4. The van der Waals surface area contributed by atoms with Gasteiger partial charge in [-0.1, -0.05) is 30.3 Å². The van der Waals surface area contributed by atoms with Crippen LogP contribution in [0.5, 0.6) is 0 Å². The molecule has 0 spiro atoms.